The molecule has 1 aromatic heterocycles. The van der Waals surface area contributed by atoms with Crippen LogP contribution < -0.4 is 0 Å². The number of pyridine rings is 1. The molecule has 0 aliphatic heterocycles. The summed E-state index contributed by atoms with van der Waals surface area (Å²) in [6, 6.07) is 12.3. The number of nitrogens with zero attached hydrogens (tertiary/aromatic N) is 2. The third kappa shape index (κ3) is 3.67. The van der Waals surface area contributed by atoms with E-state index < -0.39 is 0 Å². The van der Waals surface area contributed by atoms with Gasteiger partial charge in [-0.1, -0.05) is 42.8 Å². The minimum atomic E-state index is -0.127. The standard InChI is InChI=1S/C17H19ClN2/c1-3-16(18)20-12-10-14-8-6-7-13(2)17(14)15-9-4-5-11-19-15/h4-9,11-12,16H,3,10H2,1-2H3. The zero-order chi connectivity index (χ0) is 14.4. The molecule has 2 aromatic rings. The van der Waals surface area contributed by atoms with Gasteiger partial charge in [0.15, 0.2) is 0 Å². The number of aromatic nitrogens is 1. The summed E-state index contributed by atoms with van der Waals surface area (Å²) in [6.45, 7) is 4.14. The third-order valence-corrected chi connectivity index (χ3v) is 3.62. The molecule has 1 atom stereocenters. The van der Waals surface area contributed by atoms with Crippen molar-refractivity contribution < 1.29 is 0 Å². The van der Waals surface area contributed by atoms with E-state index >= 15 is 0 Å². The van der Waals surface area contributed by atoms with Crippen LogP contribution in [0.5, 0.6) is 0 Å². The van der Waals surface area contributed by atoms with Crippen molar-refractivity contribution in [2.45, 2.75) is 32.2 Å². The molecule has 2 nitrogen and oxygen atoms in total. The number of hydrogen-bond acceptors (Lipinski definition) is 2. The van der Waals surface area contributed by atoms with Gasteiger partial charge in [-0.2, -0.15) is 0 Å². The molecule has 0 fully saturated rings. The van der Waals surface area contributed by atoms with E-state index in [-0.39, 0.29) is 5.50 Å². The van der Waals surface area contributed by atoms with Crippen molar-refractivity contribution >= 4 is 17.8 Å². The van der Waals surface area contributed by atoms with Gasteiger partial charge in [0.05, 0.1) is 5.69 Å². The van der Waals surface area contributed by atoms with Gasteiger partial charge in [0, 0.05) is 24.4 Å². The van der Waals surface area contributed by atoms with Crippen LogP contribution in [-0.2, 0) is 6.42 Å². The first-order chi connectivity index (χ1) is 9.72. The van der Waals surface area contributed by atoms with Crippen LogP contribution in [0.15, 0.2) is 47.6 Å². The summed E-state index contributed by atoms with van der Waals surface area (Å²) in [5, 5.41) is 0. The summed E-state index contributed by atoms with van der Waals surface area (Å²) in [5.74, 6) is 0. The highest BCUT2D eigenvalue weighted by molar-refractivity contribution is 6.20. The van der Waals surface area contributed by atoms with Crippen LogP contribution in [0.3, 0.4) is 0 Å². The van der Waals surface area contributed by atoms with E-state index in [1.807, 2.05) is 37.5 Å². The van der Waals surface area contributed by atoms with Crippen LogP contribution in [0.4, 0.5) is 0 Å². The maximum absolute atomic E-state index is 6.01. The van der Waals surface area contributed by atoms with Gasteiger partial charge in [-0.05, 0) is 36.6 Å². The quantitative estimate of drug-likeness (QED) is 0.446. The summed E-state index contributed by atoms with van der Waals surface area (Å²) < 4.78 is 0. The number of hydrogen-bond donors (Lipinski definition) is 0. The fraction of sp³-hybridized carbons (Fsp3) is 0.294. The maximum Gasteiger partial charge on any atom is 0.123 e. The molecule has 20 heavy (non-hydrogen) atoms. The molecule has 1 heterocycles. The van der Waals surface area contributed by atoms with Gasteiger partial charge in [-0.15, -0.1) is 0 Å². The zero-order valence-electron chi connectivity index (χ0n) is 11.9. The monoisotopic (exact) mass is 286 g/mol. The predicted octanol–water partition coefficient (Wildman–Crippen LogP) is 4.65. The highest BCUT2D eigenvalue weighted by Gasteiger charge is 2.08. The number of rotatable bonds is 5. The van der Waals surface area contributed by atoms with E-state index in [0.29, 0.717) is 0 Å². The van der Waals surface area contributed by atoms with E-state index in [0.717, 1.165) is 18.5 Å². The third-order valence-electron chi connectivity index (χ3n) is 3.20. The molecule has 0 saturated carbocycles. The first kappa shape index (κ1) is 14.7. The summed E-state index contributed by atoms with van der Waals surface area (Å²) in [4.78, 5) is 8.78. The lowest BCUT2D eigenvalue weighted by atomic mass is 9.97. The Balaban J connectivity index is 2.30. The van der Waals surface area contributed by atoms with Gasteiger partial charge in [0.25, 0.3) is 0 Å². The van der Waals surface area contributed by atoms with Gasteiger partial charge < -0.3 is 0 Å². The number of aliphatic imine (C=N–C) groups is 1. The SMILES string of the molecule is CCC(Cl)N=CCc1cccc(C)c1-c1ccccn1. The molecule has 1 aromatic carbocycles. The number of aryl methyl sites for hydroxylation is 1. The van der Waals surface area contributed by atoms with E-state index in [2.05, 4.69) is 35.1 Å². The molecule has 1 unspecified atom stereocenters. The molecular weight excluding hydrogens is 268 g/mol. The Bertz CT molecular complexity index is 579. The molecule has 0 spiro atoms. The van der Waals surface area contributed by atoms with Crippen molar-refractivity contribution in [2.24, 2.45) is 4.99 Å². The van der Waals surface area contributed by atoms with Crippen molar-refractivity contribution in [1.29, 1.82) is 0 Å². The van der Waals surface area contributed by atoms with Crippen molar-refractivity contribution in [3.05, 3.63) is 53.7 Å². The van der Waals surface area contributed by atoms with Crippen molar-refractivity contribution in [2.75, 3.05) is 0 Å². The molecule has 0 aliphatic carbocycles. The second-order valence-electron chi connectivity index (χ2n) is 4.70. The van der Waals surface area contributed by atoms with E-state index in [4.69, 9.17) is 11.6 Å². The first-order valence-electron chi connectivity index (χ1n) is 6.88. The van der Waals surface area contributed by atoms with Crippen molar-refractivity contribution in [3.63, 3.8) is 0 Å². The molecule has 0 N–H and O–H groups in total. The van der Waals surface area contributed by atoms with Crippen molar-refractivity contribution in [1.82, 2.24) is 4.98 Å². The Labute approximate surface area is 125 Å². The van der Waals surface area contributed by atoms with Crippen LogP contribution in [0.25, 0.3) is 11.3 Å². The van der Waals surface area contributed by atoms with Gasteiger partial charge in [0.1, 0.15) is 5.50 Å². The summed E-state index contributed by atoms with van der Waals surface area (Å²) >= 11 is 6.01. The molecular formula is C17H19ClN2. The average molecular weight is 287 g/mol. The maximum atomic E-state index is 6.01. The lowest BCUT2D eigenvalue weighted by Crippen LogP contribution is -1.98. The molecule has 0 bridgehead atoms. The van der Waals surface area contributed by atoms with E-state index in [9.17, 15) is 0 Å². The fourth-order valence-corrected chi connectivity index (χ4v) is 2.23. The van der Waals surface area contributed by atoms with E-state index in [1.165, 1.54) is 16.7 Å². The number of halogens is 1. The van der Waals surface area contributed by atoms with E-state index in [1.54, 1.807) is 0 Å². The molecule has 2 rings (SSSR count). The van der Waals surface area contributed by atoms with Gasteiger partial charge in [-0.25, -0.2) is 0 Å². The van der Waals surface area contributed by atoms with Gasteiger partial charge in [0.2, 0.25) is 0 Å². The summed E-state index contributed by atoms with van der Waals surface area (Å²) in [5.41, 5.74) is 4.53. The number of benzene rings is 1. The Hall–Kier alpha value is -1.67. The summed E-state index contributed by atoms with van der Waals surface area (Å²) in [6.07, 6.45) is 5.35. The lowest BCUT2D eigenvalue weighted by molar-refractivity contribution is 0.860. The minimum Gasteiger partial charge on any atom is -0.278 e. The second-order valence-corrected chi connectivity index (χ2v) is 5.21. The molecule has 0 saturated heterocycles. The smallest absolute Gasteiger partial charge is 0.123 e. The number of alkyl halides is 1. The Morgan fingerprint density at radius 2 is 2.10 bits per heavy atom. The Morgan fingerprint density at radius 1 is 1.25 bits per heavy atom. The second kappa shape index (κ2) is 7.20. The fourth-order valence-electron chi connectivity index (χ4n) is 2.15. The molecule has 104 valence electrons. The van der Waals surface area contributed by atoms with Gasteiger partial charge in [-0.3, -0.25) is 9.98 Å². The largest absolute Gasteiger partial charge is 0.278 e. The topological polar surface area (TPSA) is 25.2 Å². The van der Waals surface area contributed by atoms with Crippen LogP contribution >= 0.6 is 11.6 Å². The minimum absolute atomic E-state index is 0.127. The van der Waals surface area contributed by atoms with Gasteiger partial charge >= 0.3 is 0 Å². The lowest BCUT2D eigenvalue weighted by Gasteiger charge is -2.10. The molecule has 3 heteroatoms. The Morgan fingerprint density at radius 3 is 2.80 bits per heavy atom. The first-order valence-corrected chi connectivity index (χ1v) is 7.31. The predicted molar refractivity (Wildman–Crippen MR) is 86.5 cm³/mol. The van der Waals surface area contributed by atoms with Crippen molar-refractivity contribution in [3.8, 4) is 11.3 Å². The molecule has 0 amide bonds. The average Bonchev–Trinajstić information content (AvgIpc) is 2.48. The van der Waals surface area contributed by atoms with Crippen LogP contribution in [-0.4, -0.2) is 16.7 Å². The molecule has 0 aliphatic rings. The highest BCUT2D eigenvalue weighted by Crippen LogP contribution is 2.25. The zero-order valence-corrected chi connectivity index (χ0v) is 12.6. The molecule has 0 radical (unpaired) electrons. The van der Waals surface area contributed by atoms with Crippen LogP contribution in [0.1, 0.15) is 24.5 Å². The van der Waals surface area contributed by atoms with Crippen LogP contribution in [0.2, 0.25) is 0 Å². The Kier molecular flexibility index (Phi) is 5.31. The normalized spacial score (nSPS) is 12.8. The summed E-state index contributed by atoms with van der Waals surface area (Å²) in [7, 11) is 0. The van der Waals surface area contributed by atoms with Crippen LogP contribution in [0, 0.1) is 6.92 Å². The highest BCUT2D eigenvalue weighted by atomic mass is 35.5.